The number of hydrogen-bond donors (Lipinski definition) is 0. The average molecular weight is 300 g/mol. The summed E-state index contributed by atoms with van der Waals surface area (Å²) in [6.07, 6.45) is 6.13. The molecule has 64 valence electrons. The van der Waals surface area contributed by atoms with E-state index in [9.17, 15) is 0 Å². The Hall–Kier alpha value is 0.859. The van der Waals surface area contributed by atoms with Crippen LogP contribution in [0.1, 0.15) is 26.7 Å². The third-order valence-electron chi connectivity index (χ3n) is 1.15. The molecule has 0 aromatic carbocycles. The Morgan fingerprint density at radius 2 is 1.36 bits per heavy atom. The summed E-state index contributed by atoms with van der Waals surface area (Å²) >= 11 is -2.85. The molecular formula is C8H14Cl2Sn. The van der Waals surface area contributed by atoms with Gasteiger partial charge in [-0.1, -0.05) is 0 Å². The summed E-state index contributed by atoms with van der Waals surface area (Å²) in [6, 6.07) is 0. The Morgan fingerprint density at radius 1 is 1.00 bits per heavy atom. The van der Waals surface area contributed by atoms with Gasteiger partial charge in [0, 0.05) is 0 Å². The maximum atomic E-state index is 6.10. The molecule has 0 N–H and O–H groups in total. The Balaban J connectivity index is 3.99. The van der Waals surface area contributed by atoms with E-state index in [-0.39, 0.29) is 0 Å². The maximum absolute atomic E-state index is 6.10. The van der Waals surface area contributed by atoms with Crippen molar-refractivity contribution >= 4 is 34.0 Å². The van der Waals surface area contributed by atoms with Crippen LogP contribution in [-0.4, -0.2) is 16.1 Å². The molecule has 0 radical (unpaired) electrons. The number of hydrogen-bond acceptors (Lipinski definition) is 0. The molecule has 0 amide bonds. The minimum atomic E-state index is -2.85. The normalized spacial score (nSPS) is 13.5. The number of rotatable bonds is 4. The molecule has 0 saturated carbocycles. The fraction of sp³-hybridized carbons (Fsp3) is 0.500. The van der Waals surface area contributed by atoms with Crippen molar-refractivity contribution in [2.75, 3.05) is 0 Å². The summed E-state index contributed by atoms with van der Waals surface area (Å²) in [6.45, 7) is 4.16. The van der Waals surface area contributed by atoms with Gasteiger partial charge in [0.2, 0.25) is 0 Å². The molecule has 0 saturated heterocycles. The van der Waals surface area contributed by atoms with E-state index in [1.165, 1.54) is 0 Å². The predicted octanol–water partition coefficient (Wildman–Crippen LogP) is 3.92. The average Bonchev–Trinajstić information content (AvgIpc) is 1.97. The zero-order valence-electron chi connectivity index (χ0n) is 6.98. The Morgan fingerprint density at radius 3 is 1.64 bits per heavy atom. The van der Waals surface area contributed by atoms with Crippen molar-refractivity contribution < 1.29 is 0 Å². The summed E-state index contributed by atoms with van der Waals surface area (Å²) in [5, 5.41) is 0. The molecule has 0 spiro atoms. The Kier molecular flexibility index (Phi) is 6.88. The molecule has 0 aliphatic heterocycles. The van der Waals surface area contributed by atoms with Gasteiger partial charge in [-0.05, 0) is 0 Å². The van der Waals surface area contributed by atoms with Crippen molar-refractivity contribution in [3.63, 3.8) is 0 Å². The van der Waals surface area contributed by atoms with Crippen LogP contribution in [0.4, 0.5) is 0 Å². The fourth-order valence-electron chi connectivity index (χ4n) is 0.606. The third kappa shape index (κ3) is 7.23. The second-order valence-corrected chi connectivity index (χ2v) is 17.7. The van der Waals surface area contributed by atoms with Crippen molar-refractivity contribution in [2.24, 2.45) is 0 Å². The topological polar surface area (TPSA) is 0 Å². The van der Waals surface area contributed by atoms with Gasteiger partial charge in [0.1, 0.15) is 0 Å². The van der Waals surface area contributed by atoms with Crippen molar-refractivity contribution in [3.05, 3.63) is 20.3 Å². The molecule has 0 rings (SSSR count). The molecular weight excluding hydrogens is 286 g/mol. The first-order valence-electron chi connectivity index (χ1n) is 3.85. The molecule has 0 atom stereocenters. The Labute approximate surface area is 80.6 Å². The predicted molar refractivity (Wildman–Crippen MR) is 56.3 cm³/mol. The quantitative estimate of drug-likeness (QED) is 0.690. The number of allylic oxidation sites excluding steroid dienone is 2. The minimum absolute atomic E-state index is 1.01. The first-order valence-corrected chi connectivity index (χ1v) is 14.4. The van der Waals surface area contributed by atoms with Gasteiger partial charge in [0.15, 0.2) is 0 Å². The van der Waals surface area contributed by atoms with Crippen molar-refractivity contribution in [1.82, 2.24) is 0 Å². The van der Waals surface area contributed by atoms with Crippen LogP contribution in [0.15, 0.2) is 20.3 Å². The second-order valence-electron chi connectivity index (χ2n) is 2.30. The molecule has 11 heavy (non-hydrogen) atoms. The van der Waals surface area contributed by atoms with Gasteiger partial charge < -0.3 is 0 Å². The van der Waals surface area contributed by atoms with Crippen LogP contribution in [-0.2, 0) is 0 Å². The van der Waals surface area contributed by atoms with Gasteiger partial charge in [0.05, 0.1) is 0 Å². The van der Waals surface area contributed by atoms with Crippen LogP contribution < -0.4 is 0 Å². The second kappa shape index (κ2) is 6.38. The summed E-state index contributed by atoms with van der Waals surface area (Å²) in [5.74, 6) is 0. The molecule has 0 aliphatic carbocycles. The SMILES string of the molecule is CCC=[CH][Sn]([Cl])([Cl])[CH]=CCC. The van der Waals surface area contributed by atoms with E-state index in [4.69, 9.17) is 17.8 Å². The van der Waals surface area contributed by atoms with Crippen molar-refractivity contribution in [1.29, 1.82) is 0 Å². The van der Waals surface area contributed by atoms with Gasteiger partial charge in [-0.25, -0.2) is 0 Å². The van der Waals surface area contributed by atoms with Gasteiger partial charge in [0.25, 0.3) is 0 Å². The van der Waals surface area contributed by atoms with Crippen LogP contribution >= 0.6 is 17.8 Å². The molecule has 0 nitrogen and oxygen atoms in total. The van der Waals surface area contributed by atoms with Gasteiger partial charge in [-0.2, -0.15) is 0 Å². The van der Waals surface area contributed by atoms with E-state index in [0.29, 0.717) is 0 Å². The molecule has 0 aromatic heterocycles. The van der Waals surface area contributed by atoms with E-state index in [0.717, 1.165) is 12.8 Å². The molecule has 0 aromatic rings. The first-order chi connectivity index (χ1) is 5.12. The summed E-state index contributed by atoms with van der Waals surface area (Å²) < 4.78 is 4.01. The molecule has 0 bridgehead atoms. The molecule has 0 aliphatic rings. The number of halogens is 2. The zero-order valence-corrected chi connectivity index (χ0v) is 11.3. The van der Waals surface area contributed by atoms with Gasteiger partial charge in [-0.15, -0.1) is 0 Å². The third-order valence-corrected chi connectivity index (χ3v) is 8.41. The van der Waals surface area contributed by atoms with Crippen LogP contribution in [0.5, 0.6) is 0 Å². The molecule has 0 heterocycles. The van der Waals surface area contributed by atoms with Crippen LogP contribution in [0, 0.1) is 0 Å². The van der Waals surface area contributed by atoms with Crippen LogP contribution in [0.25, 0.3) is 0 Å². The van der Waals surface area contributed by atoms with Crippen molar-refractivity contribution in [2.45, 2.75) is 26.7 Å². The van der Waals surface area contributed by atoms with Crippen molar-refractivity contribution in [3.8, 4) is 0 Å². The zero-order chi connectivity index (χ0) is 8.74. The van der Waals surface area contributed by atoms with Crippen LogP contribution in [0.3, 0.4) is 0 Å². The monoisotopic (exact) mass is 300 g/mol. The van der Waals surface area contributed by atoms with E-state index in [1.807, 2.05) is 8.18 Å². The summed E-state index contributed by atoms with van der Waals surface area (Å²) in [4.78, 5) is 0. The Bertz CT molecular complexity index is 134. The molecule has 0 fully saturated rings. The summed E-state index contributed by atoms with van der Waals surface area (Å²) in [7, 11) is 12.2. The first kappa shape index (κ1) is 11.9. The standard InChI is InChI=1S/2C4H7.2ClH.Sn/c2*1-3-4-2;;;/h2*1,3H,4H2,2H3;2*1H;/q;;;;+2/p-2. The van der Waals surface area contributed by atoms with E-state index in [2.05, 4.69) is 26.0 Å². The van der Waals surface area contributed by atoms with Gasteiger partial charge >= 0.3 is 81.0 Å². The van der Waals surface area contributed by atoms with Gasteiger partial charge in [-0.3, -0.25) is 0 Å². The molecule has 0 unspecified atom stereocenters. The van der Waals surface area contributed by atoms with Crippen LogP contribution in [0.2, 0.25) is 0 Å². The van der Waals surface area contributed by atoms with E-state index >= 15 is 0 Å². The summed E-state index contributed by atoms with van der Waals surface area (Å²) in [5.41, 5.74) is 0. The molecule has 3 heteroatoms. The van der Waals surface area contributed by atoms with E-state index < -0.39 is 16.1 Å². The fourth-order valence-corrected chi connectivity index (χ4v) is 6.45. The van der Waals surface area contributed by atoms with E-state index in [1.54, 1.807) is 0 Å².